The Morgan fingerprint density at radius 3 is 1.23 bits per heavy atom. The summed E-state index contributed by atoms with van der Waals surface area (Å²) < 4.78 is 38.8. The van der Waals surface area contributed by atoms with Crippen LogP contribution in [-0.4, -0.2) is 24.9 Å². The highest BCUT2D eigenvalue weighted by molar-refractivity contribution is 6.30. The van der Waals surface area contributed by atoms with Gasteiger partial charge in [-0.05, 0) is 77.8 Å². The Hall–Kier alpha value is -4.88. The minimum atomic E-state index is -1.50. The van der Waals surface area contributed by atoms with Crippen LogP contribution in [0.25, 0.3) is 0 Å². The molecule has 0 spiro atoms. The molecule has 0 amide bonds. The van der Waals surface area contributed by atoms with Crippen LogP contribution in [0.2, 0.25) is 5.02 Å². The van der Waals surface area contributed by atoms with E-state index in [4.69, 9.17) is 11.6 Å². The zero-order valence-electron chi connectivity index (χ0n) is 24.1. The number of allylic oxidation sites excluding steroid dienone is 2. The van der Waals surface area contributed by atoms with E-state index >= 15 is 0 Å². The molecule has 0 fully saturated rings. The van der Waals surface area contributed by atoms with Crippen molar-refractivity contribution in [1.82, 2.24) is 0 Å². The van der Waals surface area contributed by atoms with Gasteiger partial charge in [0.15, 0.2) is 17.5 Å². The van der Waals surface area contributed by atoms with Gasteiger partial charge in [0.25, 0.3) is 0 Å². The second-order valence-corrected chi connectivity index (χ2v) is 9.90. The van der Waals surface area contributed by atoms with Crippen LogP contribution in [0.1, 0.15) is 46.2 Å². The molecule has 0 aliphatic carbocycles. The fourth-order valence-electron chi connectivity index (χ4n) is 3.68. The molecule has 4 rings (SSSR count). The highest BCUT2D eigenvalue weighted by Crippen LogP contribution is 2.13. The highest BCUT2D eigenvalue weighted by atomic mass is 35.5. The summed E-state index contributed by atoms with van der Waals surface area (Å²) in [5.74, 6) is -4.02. The van der Waals surface area contributed by atoms with E-state index in [1.165, 1.54) is 17.3 Å². The van der Waals surface area contributed by atoms with E-state index in [1.54, 1.807) is 12.4 Å². The lowest BCUT2D eigenvalue weighted by molar-refractivity contribution is 0.447. The van der Waals surface area contributed by atoms with Crippen molar-refractivity contribution in [2.75, 3.05) is 0 Å². The molecule has 0 aromatic heterocycles. The number of hydrogen-bond acceptors (Lipinski definition) is 4. The predicted octanol–water partition coefficient (Wildman–Crippen LogP) is 9.59. The largest absolute Gasteiger partial charge is 0.204 e. The molecule has 0 saturated carbocycles. The first-order valence-corrected chi connectivity index (χ1v) is 14.2. The van der Waals surface area contributed by atoms with Gasteiger partial charge in [0, 0.05) is 10.6 Å². The summed E-state index contributed by atoms with van der Waals surface area (Å²) >= 11 is 5.82. The molecule has 4 aromatic rings. The zero-order valence-corrected chi connectivity index (χ0v) is 24.8. The van der Waals surface area contributed by atoms with Gasteiger partial charge < -0.3 is 0 Å². The van der Waals surface area contributed by atoms with Crippen molar-refractivity contribution in [3.05, 3.63) is 166 Å². The Labute approximate surface area is 261 Å². The second-order valence-electron chi connectivity index (χ2n) is 9.47. The third kappa shape index (κ3) is 12.2. The van der Waals surface area contributed by atoms with Gasteiger partial charge in [0.05, 0.1) is 24.9 Å². The number of nitrogens with zero attached hydrogens (tertiary/aromatic N) is 4. The molecule has 0 N–H and O–H groups in total. The van der Waals surface area contributed by atoms with E-state index in [2.05, 4.69) is 45.7 Å². The van der Waals surface area contributed by atoms with Crippen LogP contribution in [0.5, 0.6) is 0 Å². The molecular formula is C36H32ClF3N4. The van der Waals surface area contributed by atoms with Crippen molar-refractivity contribution in [1.29, 1.82) is 0 Å². The van der Waals surface area contributed by atoms with E-state index in [-0.39, 0.29) is 5.56 Å². The number of benzene rings is 4. The summed E-state index contributed by atoms with van der Waals surface area (Å²) in [6, 6.07) is 25.2. The third-order valence-corrected chi connectivity index (χ3v) is 6.32. The summed E-state index contributed by atoms with van der Waals surface area (Å²) in [6.07, 6.45) is 13.8. The smallest absolute Gasteiger partial charge is 0.194 e. The van der Waals surface area contributed by atoms with Crippen molar-refractivity contribution in [3.63, 3.8) is 0 Å². The molecule has 8 heteroatoms. The Morgan fingerprint density at radius 1 is 0.523 bits per heavy atom. The summed E-state index contributed by atoms with van der Waals surface area (Å²) in [5.41, 5.74) is 5.45. The van der Waals surface area contributed by atoms with Crippen molar-refractivity contribution in [2.45, 2.75) is 25.7 Å². The van der Waals surface area contributed by atoms with Gasteiger partial charge in [-0.1, -0.05) is 84.4 Å². The SMILES string of the molecule is C=CCCc1ccc(/C=N/N=C/c2cc(F)c(F)c(F)c2)cc1.C=CCCc1ccc(/C=N/N=C/c2ccc(Cl)cc2)cc1. The molecule has 0 aliphatic rings. The molecule has 0 radical (unpaired) electrons. The van der Waals surface area contributed by atoms with Gasteiger partial charge in [0.2, 0.25) is 0 Å². The molecule has 0 atom stereocenters. The highest BCUT2D eigenvalue weighted by Gasteiger charge is 2.09. The van der Waals surface area contributed by atoms with Gasteiger partial charge in [0.1, 0.15) is 0 Å². The van der Waals surface area contributed by atoms with E-state index in [1.807, 2.05) is 72.8 Å². The molecule has 0 aliphatic heterocycles. The lowest BCUT2D eigenvalue weighted by Crippen LogP contribution is -1.93. The van der Waals surface area contributed by atoms with Crippen LogP contribution in [0.15, 0.2) is 131 Å². The van der Waals surface area contributed by atoms with Crippen LogP contribution in [-0.2, 0) is 12.8 Å². The summed E-state index contributed by atoms with van der Waals surface area (Å²) in [7, 11) is 0. The van der Waals surface area contributed by atoms with Gasteiger partial charge >= 0.3 is 0 Å². The van der Waals surface area contributed by atoms with Crippen LogP contribution in [0, 0.1) is 17.5 Å². The molecule has 0 heterocycles. The topological polar surface area (TPSA) is 49.4 Å². The van der Waals surface area contributed by atoms with Crippen molar-refractivity contribution >= 4 is 36.5 Å². The van der Waals surface area contributed by atoms with Crippen molar-refractivity contribution < 1.29 is 13.2 Å². The number of hydrogen-bond donors (Lipinski definition) is 0. The van der Waals surface area contributed by atoms with Crippen molar-refractivity contribution in [3.8, 4) is 0 Å². The Balaban J connectivity index is 0.000000241. The zero-order chi connectivity index (χ0) is 31.6. The van der Waals surface area contributed by atoms with Crippen LogP contribution in [0.4, 0.5) is 13.2 Å². The minimum absolute atomic E-state index is 0.0957. The lowest BCUT2D eigenvalue weighted by atomic mass is 10.1. The predicted molar refractivity (Wildman–Crippen MR) is 178 cm³/mol. The number of halogens is 4. The molecule has 0 unspecified atom stereocenters. The van der Waals surface area contributed by atoms with Gasteiger partial charge in [-0.25, -0.2) is 13.2 Å². The average molecular weight is 613 g/mol. The maximum atomic E-state index is 13.0. The maximum absolute atomic E-state index is 13.0. The van der Waals surface area contributed by atoms with E-state index in [9.17, 15) is 13.2 Å². The van der Waals surface area contributed by atoms with Crippen LogP contribution >= 0.6 is 11.6 Å². The molecule has 4 aromatic carbocycles. The van der Waals surface area contributed by atoms with Gasteiger partial charge in [-0.15, -0.1) is 13.2 Å². The third-order valence-electron chi connectivity index (χ3n) is 6.07. The second kappa shape index (κ2) is 18.6. The molecule has 0 bridgehead atoms. The van der Waals surface area contributed by atoms with Crippen LogP contribution < -0.4 is 0 Å². The monoisotopic (exact) mass is 612 g/mol. The number of aryl methyl sites for hydroxylation is 2. The van der Waals surface area contributed by atoms with Gasteiger partial charge in [-0.2, -0.15) is 20.4 Å². The Morgan fingerprint density at radius 2 is 0.864 bits per heavy atom. The molecule has 4 nitrogen and oxygen atoms in total. The maximum Gasteiger partial charge on any atom is 0.194 e. The fourth-order valence-corrected chi connectivity index (χ4v) is 3.80. The van der Waals surface area contributed by atoms with Gasteiger partial charge in [-0.3, -0.25) is 0 Å². The van der Waals surface area contributed by atoms with E-state index < -0.39 is 17.5 Å². The molecule has 44 heavy (non-hydrogen) atoms. The standard InChI is InChI=1S/C18H17ClN2.C18H15F3N2/c1-2-3-4-15-5-7-16(8-6-15)13-20-21-14-17-9-11-18(19)12-10-17;1-2-3-4-13-5-7-14(8-6-13)11-22-23-12-15-9-16(19)18(21)17(20)10-15/h2,5-14H,1,3-4H2;2,5-12H,1,3-4H2/b20-13+,21-14+;22-11+,23-12+. The van der Waals surface area contributed by atoms with E-state index in [0.717, 1.165) is 60.7 Å². The minimum Gasteiger partial charge on any atom is -0.204 e. The summed E-state index contributed by atoms with van der Waals surface area (Å²) in [4.78, 5) is 0. The first-order chi connectivity index (χ1) is 21.4. The first-order valence-electron chi connectivity index (χ1n) is 13.8. The van der Waals surface area contributed by atoms with Crippen molar-refractivity contribution in [2.24, 2.45) is 20.4 Å². The Bertz CT molecular complexity index is 1590. The number of rotatable bonds is 12. The normalized spacial score (nSPS) is 11.4. The quantitative estimate of drug-likeness (QED) is 0.0662. The first kappa shape index (κ1) is 33.6. The lowest BCUT2D eigenvalue weighted by Gasteiger charge is -1.98. The fraction of sp³-hybridized carbons (Fsp3) is 0.111. The molecule has 224 valence electrons. The molecule has 0 saturated heterocycles. The van der Waals surface area contributed by atoms with E-state index in [0.29, 0.717) is 5.02 Å². The summed E-state index contributed by atoms with van der Waals surface area (Å²) in [6.45, 7) is 7.41. The summed E-state index contributed by atoms with van der Waals surface area (Å²) in [5, 5.41) is 16.3. The Kier molecular flexibility index (Phi) is 14.2. The van der Waals surface area contributed by atoms with Crippen LogP contribution in [0.3, 0.4) is 0 Å². The molecular weight excluding hydrogens is 581 g/mol. The average Bonchev–Trinajstić information content (AvgIpc) is 3.04.